The molecule has 0 N–H and O–H groups in total. The summed E-state index contributed by atoms with van der Waals surface area (Å²) in [4.78, 5) is 24.7. The van der Waals surface area contributed by atoms with Crippen LogP contribution >= 0.6 is 0 Å². The summed E-state index contributed by atoms with van der Waals surface area (Å²) in [6.45, 7) is 2.46. The lowest BCUT2D eigenvalue weighted by molar-refractivity contribution is -0.384. The molecular formula is C19H20N2O4. The summed E-state index contributed by atoms with van der Waals surface area (Å²) in [5, 5.41) is 10.8. The van der Waals surface area contributed by atoms with E-state index in [0.717, 1.165) is 24.0 Å². The SMILES string of the molecule is Cc1cccc(CN(C(=O)COc2cccc([N+](=O)[O-])c2)C2CC2)c1. The Kier molecular flexibility index (Phi) is 4.97. The minimum Gasteiger partial charge on any atom is -0.484 e. The molecule has 1 fully saturated rings. The summed E-state index contributed by atoms with van der Waals surface area (Å²) in [6.07, 6.45) is 2.02. The fourth-order valence-corrected chi connectivity index (χ4v) is 2.73. The van der Waals surface area contributed by atoms with Crippen LogP contribution in [0.25, 0.3) is 0 Å². The highest BCUT2D eigenvalue weighted by atomic mass is 16.6. The molecule has 1 saturated carbocycles. The van der Waals surface area contributed by atoms with Crippen molar-refractivity contribution < 1.29 is 14.5 Å². The zero-order valence-electron chi connectivity index (χ0n) is 14.1. The average Bonchev–Trinajstić information content (AvgIpc) is 3.43. The number of carbonyl (C=O) groups excluding carboxylic acids is 1. The normalized spacial score (nSPS) is 13.3. The van der Waals surface area contributed by atoms with Gasteiger partial charge in [-0.25, -0.2) is 0 Å². The monoisotopic (exact) mass is 340 g/mol. The summed E-state index contributed by atoms with van der Waals surface area (Å²) in [5.41, 5.74) is 2.20. The fourth-order valence-electron chi connectivity index (χ4n) is 2.73. The van der Waals surface area contributed by atoms with Crippen molar-refractivity contribution in [3.8, 4) is 5.75 Å². The Bertz CT molecular complexity index is 786. The number of hydrogen-bond donors (Lipinski definition) is 0. The third kappa shape index (κ3) is 4.56. The third-order valence-corrected chi connectivity index (χ3v) is 4.13. The van der Waals surface area contributed by atoms with E-state index in [1.54, 1.807) is 12.1 Å². The number of nitrogens with zero attached hydrogens (tertiary/aromatic N) is 2. The lowest BCUT2D eigenvalue weighted by Gasteiger charge is -2.23. The third-order valence-electron chi connectivity index (χ3n) is 4.13. The predicted octanol–water partition coefficient (Wildman–Crippen LogP) is 3.47. The van der Waals surface area contributed by atoms with E-state index in [0.29, 0.717) is 12.3 Å². The van der Waals surface area contributed by atoms with Crippen molar-refractivity contribution >= 4 is 11.6 Å². The maximum Gasteiger partial charge on any atom is 0.273 e. The second-order valence-corrected chi connectivity index (χ2v) is 6.29. The molecule has 0 radical (unpaired) electrons. The number of rotatable bonds is 7. The first kappa shape index (κ1) is 17.0. The smallest absolute Gasteiger partial charge is 0.273 e. The van der Waals surface area contributed by atoms with Gasteiger partial charge in [-0.2, -0.15) is 0 Å². The molecule has 3 rings (SSSR count). The Morgan fingerprint density at radius 1 is 1.24 bits per heavy atom. The molecule has 0 aliphatic heterocycles. The topological polar surface area (TPSA) is 72.7 Å². The minimum absolute atomic E-state index is 0.0521. The molecule has 2 aromatic carbocycles. The lowest BCUT2D eigenvalue weighted by atomic mass is 10.1. The predicted molar refractivity (Wildman–Crippen MR) is 93.3 cm³/mol. The molecule has 0 spiro atoms. The van der Waals surface area contributed by atoms with Crippen molar-refractivity contribution in [2.45, 2.75) is 32.4 Å². The number of hydrogen-bond acceptors (Lipinski definition) is 4. The minimum atomic E-state index is -0.483. The van der Waals surface area contributed by atoms with Gasteiger partial charge in [0.15, 0.2) is 6.61 Å². The van der Waals surface area contributed by atoms with Crippen LogP contribution in [0.15, 0.2) is 48.5 Å². The van der Waals surface area contributed by atoms with Gasteiger partial charge in [0.25, 0.3) is 11.6 Å². The molecule has 6 heteroatoms. The van der Waals surface area contributed by atoms with E-state index in [4.69, 9.17) is 4.74 Å². The van der Waals surface area contributed by atoms with Gasteiger partial charge in [0, 0.05) is 18.7 Å². The van der Waals surface area contributed by atoms with Gasteiger partial charge in [-0.1, -0.05) is 35.9 Å². The summed E-state index contributed by atoms with van der Waals surface area (Å²) in [5.74, 6) is 0.226. The molecule has 2 aromatic rings. The summed E-state index contributed by atoms with van der Waals surface area (Å²) >= 11 is 0. The van der Waals surface area contributed by atoms with Crippen LogP contribution in [-0.4, -0.2) is 28.4 Å². The molecule has 0 bridgehead atoms. The molecular weight excluding hydrogens is 320 g/mol. The number of aryl methyl sites for hydroxylation is 1. The highest BCUT2D eigenvalue weighted by Crippen LogP contribution is 2.29. The van der Waals surface area contributed by atoms with Crippen LogP contribution in [0.1, 0.15) is 24.0 Å². The lowest BCUT2D eigenvalue weighted by Crippen LogP contribution is -2.36. The molecule has 1 aliphatic carbocycles. The molecule has 25 heavy (non-hydrogen) atoms. The summed E-state index contributed by atoms with van der Waals surface area (Å²) in [7, 11) is 0. The molecule has 0 aromatic heterocycles. The van der Waals surface area contributed by atoms with E-state index in [1.165, 1.54) is 12.1 Å². The second kappa shape index (κ2) is 7.34. The maximum atomic E-state index is 12.6. The van der Waals surface area contributed by atoms with E-state index in [2.05, 4.69) is 6.07 Å². The largest absolute Gasteiger partial charge is 0.484 e. The highest BCUT2D eigenvalue weighted by molar-refractivity contribution is 5.78. The van der Waals surface area contributed by atoms with Gasteiger partial charge in [0.05, 0.1) is 11.0 Å². The van der Waals surface area contributed by atoms with Crippen LogP contribution in [0.2, 0.25) is 0 Å². The zero-order chi connectivity index (χ0) is 17.8. The quantitative estimate of drug-likeness (QED) is 0.571. The zero-order valence-corrected chi connectivity index (χ0v) is 14.1. The van der Waals surface area contributed by atoms with Crippen LogP contribution in [0.4, 0.5) is 5.69 Å². The van der Waals surface area contributed by atoms with Gasteiger partial charge in [0.1, 0.15) is 5.75 Å². The van der Waals surface area contributed by atoms with Crippen molar-refractivity contribution in [3.05, 3.63) is 69.8 Å². The van der Waals surface area contributed by atoms with E-state index in [-0.39, 0.29) is 24.2 Å². The Hall–Kier alpha value is -2.89. The number of non-ortho nitro benzene ring substituents is 1. The number of benzene rings is 2. The number of ether oxygens (including phenoxy) is 1. The first-order valence-corrected chi connectivity index (χ1v) is 8.25. The van der Waals surface area contributed by atoms with Crippen LogP contribution in [0, 0.1) is 17.0 Å². The summed E-state index contributed by atoms with van der Waals surface area (Å²) < 4.78 is 5.48. The maximum absolute atomic E-state index is 12.6. The summed E-state index contributed by atoms with van der Waals surface area (Å²) in [6, 6.07) is 14.2. The first-order valence-electron chi connectivity index (χ1n) is 8.25. The van der Waals surface area contributed by atoms with Crippen LogP contribution in [0.5, 0.6) is 5.75 Å². The van der Waals surface area contributed by atoms with Crippen molar-refractivity contribution in [2.75, 3.05) is 6.61 Å². The molecule has 1 aliphatic rings. The van der Waals surface area contributed by atoms with E-state index >= 15 is 0 Å². The molecule has 1 amide bonds. The molecule has 6 nitrogen and oxygen atoms in total. The molecule has 0 unspecified atom stereocenters. The van der Waals surface area contributed by atoms with Gasteiger partial charge in [-0.3, -0.25) is 14.9 Å². The molecule has 130 valence electrons. The average molecular weight is 340 g/mol. The van der Waals surface area contributed by atoms with Gasteiger partial charge in [0.2, 0.25) is 0 Å². The Morgan fingerprint density at radius 2 is 2.00 bits per heavy atom. The fraction of sp³-hybridized carbons (Fsp3) is 0.316. The number of nitro groups is 1. The first-order chi connectivity index (χ1) is 12.0. The van der Waals surface area contributed by atoms with Crippen molar-refractivity contribution in [1.82, 2.24) is 4.90 Å². The van der Waals surface area contributed by atoms with Gasteiger partial charge < -0.3 is 9.64 Å². The van der Waals surface area contributed by atoms with E-state index in [9.17, 15) is 14.9 Å². The van der Waals surface area contributed by atoms with Crippen molar-refractivity contribution in [1.29, 1.82) is 0 Å². The van der Waals surface area contributed by atoms with E-state index < -0.39 is 4.92 Å². The van der Waals surface area contributed by atoms with Gasteiger partial charge in [-0.05, 0) is 31.4 Å². The Balaban J connectivity index is 1.63. The van der Waals surface area contributed by atoms with Crippen LogP contribution < -0.4 is 4.74 Å². The highest BCUT2D eigenvalue weighted by Gasteiger charge is 2.32. The van der Waals surface area contributed by atoms with Crippen molar-refractivity contribution in [3.63, 3.8) is 0 Å². The molecule has 0 heterocycles. The Morgan fingerprint density at radius 3 is 2.68 bits per heavy atom. The number of carbonyl (C=O) groups is 1. The second-order valence-electron chi connectivity index (χ2n) is 6.29. The van der Waals surface area contributed by atoms with Gasteiger partial charge >= 0.3 is 0 Å². The van der Waals surface area contributed by atoms with Crippen molar-refractivity contribution in [2.24, 2.45) is 0 Å². The number of nitro benzene ring substituents is 1. The standard InChI is InChI=1S/C19H20N2O4/c1-14-4-2-5-15(10-14)12-20(16-8-9-16)19(22)13-25-18-7-3-6-17(11-18)21(23)24/h2-7,10-11,16H,8-9,12-13H2,1H3. The number of amides is 1. The van der Waals surface area contributed by atoms with Crippen LogP contribution in [-0.2, 0) is 11.3 Å². The van der Waals surface area contributed by atoms with Crippen LogP contribution in [0.3, 0.4) is 0 Å². The van der Waals surface area contributed by atoms with E-state index in [1.807, 2.05) is 30.0 Å². The molecule has 0 saturated heterocycles. The van der Waals surface area contributed by atoms with Gasteiger partial charge in [-0.15, -0.1) is 0 Å². The Labute approximate surface area is 146 Å². The molecule has 0 atom stereocenters.